The Hall–Kier alpha value is -2.23. The van der Waals surface area contributed by atoms with E-state index in [1.54, 1.807) is 6.20 Å². The summed E-state index contributed by atoms with van der Waals surface area (Å²) in [6.45, 7) is 4.41. The zero-order chi connectivity index (χ0) is 19.8. The highest BCUT2D eigenvalue weighted by Crippen LogP contribution is 2.35. The Kier molecular flexibility index (Phi) is 5.11. The third-order valence-electron chi connectivity index (χ3n) is 6.13. The quantitative estimate of drug-likeness (QED) is 0.791. The first-order chi connectivity index (χ1) is 14.2. The molecule has 2 aromatic heterocycles. The molecule has 2 atom stereocenters. The minimum atomic E-state index is -0.566. The zero-order valence-electron chi connectivity index (χ0n) is 16.8. The van der Waals surface area contributed by atoms with Gasteiger partial charge in [-0.15, -0.1) is 0 Å². The predicted octanol–water partition coefficient (Wildman–Crippen LogP) is 1.10. The molecule has 0 unspecified atom stereocenters. The van der Waals surface area contributed by atoms with Crippen LogP contribution in [-0.4, -0.2) is 81.9 Å². The van der Waals surface area contributed by atoms with Crippen LogP contribution in [0, 0.1) is 0 Å². The van der Waals surface area contributed by atoms with Crippen LogP contribution in [0.15, 0.2) is 12.3 Å². The Balaban J connectivity index is 1.43. The van der Waals surface area contributed by atoms with Crippen molar-refractivity contribution in [3.8, 4) is 17.1 Å². The fourth-order valence-electron chi connectivity index (χ4n) is 4.33. The molecule has 5 heterocycles. The predicted molar refractivity (Wildman–Crippen MR) is 107 cm³/mol. The molecule has 9 nitrogen and oxygen atoms in total. The van der Waals surface area contributed by atoms with Gasteiger partial charge in [0.2, 0.25) is 5.95 Å². The summed E-state index contributed by atoms with van der Waals surface area (Å²) >= 11 is 0. The molecule has 2 saturated heterocycles. The number of hydrogen-bond donors (Lipinski definition) is 2. The molecular formula is C20H28N6O3. The van der Waals surface area contributed by atoms with Gasteiger partial charge < -0.3 is 24.8 Å². The molecular weight excluding hydrogens is 372 g/mol. The van der Waals surface area contributed by atoms with Crippen LogP contribution in [0.25, 0.3) is 11.4 Å². The second-order valence-electron chi connectivity index (χ2n) is 8.19. The van der Waals surface area contributed by atoms with Crippen LogP contribution in [0.3, 0.4) is 0 Å². The lowest BCUT2D eigenvalue weighted by atomic mass is 9.93. The lowest BCUT2D eigenvalue weighted by Gasteiger charge is -2.28. The van der Waals surface area contributed by atoms with Crippen molar-refractivity contribution in [2.45, 2.75) is 43.9 Å². The fraction of sp³-hybridized carbons (Fsp3) is 0.650. The molecule has 0 saturated carbocycles. The molecule has 0 aromatic carbocycles. The van der Waals surface area contributed by atoms with Crippen LogP contribution in [0.1, 0.15) is 30.9 Å². The minimum Gasteiger partial charge on any atom is -0.488 e. The van der Waals surface area contributed by atoms with Crippen molar-refractivity contribution >= 4 is 5.95 Å². The first-order valence-electron chi connectivity index (χ1n) is 10.5. The molecule has 0 amide bonds. The van der Waals surface area contributed by atoms with E-state index >= 15 is 0 Å². The van der Waals surface area contributed by atoms with Crippen LogP contribution in [0.4, 0.5) is 5.95 Å². The molecule has 2 N–H and O–H groups in total. The minimum absolute atomic E-state index is 0.117. The second-order valence-corrected chi connectivity index (χ2v) is 8.19. The van der Waals surface area contributed by atoms with Gasteiger partial charge in [-0.05, 0) is 45.5 Å². The molecule has 29 heavy (non-hydrogen) atoms. The van der Waals surface area contributed by atoms with Gasteiger partial charge in [0.15, 0.2) is 5.75 Å². The maximum Gasteiger partial charge on any atom is 0.223 e. The van der Waals surface area contributed by atoms with Gasteiger partial charge in [0, 0.05) is 12.5 Å². The number of aromatic nitrogens is 4. The second kappa shape index (κ2) is 7.89. The zero-order valence-corrected chi connectivity index (χ0v) is 16.8. The summed E-state index contributed by atoms with van der Waals surface area (Å²) in [4.78, 5) is 11.5. The van der Waals surface area contributed by atoms with Crippen molar-refractivity contribution < 1.29 is 14.6 Å². The molecule has 156 valence electrons. The van der Waals surface area contributed by atoms with E-state index in [1.165, 1.54) is 0 Å². The monoisotopic (exact) mass is 400 g/mol. The van der Waals surface area contributed by atoms with Gasteiger partial charge in [0.1, 0.15) is 12.3 Å². The van der Waals surface area contributed by atoms with Gasteiger partial charge >= 0.3 is 0 Å². The summed E-state index contributed by atoms with van der Waals surface area (Å²) in [5.74, 6) is 1.66. The van der Waals surface area contributed by atoms with Crippen molar-refractivity contribution in [1.29, 1.82) is 0 Å². The van der Waals surface area contributed by atoms with Crippen LogP contribution in [0.2, 0.25) is 0 Å². The van der Waals surface area contributed by atoms with E-state index in [-0.39, 0.29) is 6.04 Å². The number of aliphatic hydroxyl groups is 1. The smallest absolute Gasteiger partial charge is 0.223 e. The average Bonchev–Trinajstić information content (AvgIpc) is 3.08. The third-order valence-corrected chi connectivity index (χ3v) is 6.13. The number of ether oxygens (including phenoxy) is 2. The Morgan fingerprint density at radius 1 is 1.17 bits per heavy atom. The molecule has 2 aromatic rings. The normalized spacial score (nSPS) is 25.6. The van der Waals surface area contributed by atoms with Gasteiger partial charge in [0.25, 0.3) is 0 Å². The molecule has 0 aliphatic carbocycles. The molecule has 0 bridgehead atoms. The molecule has 2 fully saturated rings. The number of fused-ring (bicyclic) bond motifs is 3. The molecule has 0 spiro atoms. The van der Waals surface area contributed by atoms with E-state index < -0.39 is 6.10 Å². The van der Waals surface area contributed by atoms with Crippen LogP contribution >= 0.6 is 0 Å². The Morgan fingerprint density at radius 3 is 2.86 bits per heavy atom. The van der Waals surface area contributed by atoms with E-state index in [0.717, 1.165) is 49.4 Å². The lowest BCUT2D eigenvalue weighted by Crippen LogP contribution is -2.42. The van der Waals surface area contributed by atoms with E-state index in [2.05, 4.69) is 28.3 Å². The molecule has 0 radical (unpaired) electrons. The number of nitrogens with zero attached hydrogens (tertiary/aromatic N) is 5. The lowest BCUT2D eigenvalue weighted by molar-refractivity contribution is -0.0136. The van der Waals surface area contributed by atoms with Gasteiger partial charge in [-0.3, -0.25) is 4.68 Å². The number of rotatable bonds is 3. The van der Waals surface area contributed by atoms with Crippen LogP contribution in [0.5, 0.6) is 5.75 Å². The van der Waals surface area contributed by atoms with E-state index in [4.69, 9.17) is 19.6 Å². The highest BCUT2D eigenvalue weighted by molar-refractivity contribution is 5.65. The van der Waals surface area contributed by atoms with Crippen molar-refractivity contribution in [2.24, 2.45) is 0 Å². The first-order valence-corrected chi connectivity index (χ1v) is 10.5. The number of likely N-dealkylation sites (tertiary alicyclic amines) is 1. The summed E-state index contributed by atoms with van der Waals surface area (Å²) in [6, 6.07) is 2.05. The summed E-state index contributed by atoms with van der Waals surface area (Å²) in [5, 5.41) is 18.3. The summed E-state index contributed by atoms with van der Waals surface area (Å²) in [6.07, 6.45) is 4.14. The number of piperidine rings is 1. The summed E-state index contributed by atoms with van der Waals surface area (Å²) in [7, 11) is 2.17. The van der Waals surface area contributed by atoms with Gasteiger partial charge in [-0.2, -0.15) is 5.10 Å². The van der Waals surface area contributed by atoms with Crippen molar-refractivity contribution in [3.05, 3.63) is 18.0 Å². The van der Waals surface area contributed by atoms with Crippen LogP contribution in [-0.2, 0) is 11.3 Å². The highest BCUT2D eigenvalue weighted by atomic mass is 16.5. The highest BCUT2D eigenvalue weighted by Gasteiger charge is 2.27. The van der Waals surface area contributed by atoms with E-state index in [0.29, 0.717) is 44.0 Å². The van der Waals surface area contributed by atoms with E-state index in [9.17, 15) is 5.11 Å². The van der Waals surface area contributed by atoms with Crippen molar-refractivity contribution in [1.82, 2.24) is 24.6 Å². The SMILES string of the molecule is CN1CCC(c2cc3n(n2)CCOc2cnc(N[C@@H]4CCOC[C@H]4O)nc2-3)CC1. The maximum atomic E-state index is 10.2. The Labute approximate surface area is 170 Å². The average molecular weight is 400 g/mol. The number of aliphatic hydroxyl groups excluding tert-OH is 1. The standard InChI is InChI=1S/C20H28N6O3/c1-25-5-2-13(3-6-25)15-10-16-19-18(29-9-7-26(16)24-15)11-21-20(23-19)22-14-4-8-28-12-17(14)27/h10-11,13-14,17,27H,2-9,12H2,1H3,(H,21,22,23)/t14-,17-/m1/s1. The van der Waals surface area contributed by atoms with Gasteiger partial charge in [0.05, 0.1) is 42.9 Å². The number of anilines is 1. The molecule has 5 rings (SSSR count). The fourth-order valence-corrected chi connectivity index (χ4v) is 4.33. The van der Waals surface area contributed by atoms with E-state index in [1.807, 2.05) is 4.68 Å². The molecule has 9 heteroatoms. The Morgan fingerprint density at radius 2 is 2.03 bits per heavy atom. The molecule has 3 aliphatic heterocycles. The van der Waals surface area contributed by atoms with Gasteiger partial charge in [-0.1, -0.05) is 0 Å². The largest absolute Gasteiger partial charge is 0.488 e. The van der Waals surface area contributed by atoms with Gasteiger partial charge in [-0.25, -0.2) is 9.97 Å². The van der Waals surface area contributed by atoms with Crippen molar-refractivity contribution in [3.63, 3.8) is 0 Å². The summed E-state index contributed by atoms with van der Waals surface area (Å²) < 4.78 is 13.2. The third kappa shape index (κ3) is 3.82. The topological polar surface area (TPSA) is 97.6 Å². The number of hydrogen-bond acceptors (Lipinski definition) is 8. The Bertz CT molecular complexity index is 864. The molecule has 3 aliphatic rings. The maximum absolute atomic E-state index is 10.2. The van der Waals surface area contributed by atoms with Crippen molar-refractivity contribution in [2.75, 3.05) is 45.3 Å². The number of nitrogens with one attached hydrogen (secondary N) is 1. The summed E-state index contributed by atoms with van der Waals surface area (Å²) in [5.41, 5.74) is 2.88. The van der Waals surface area contributed by atoms with Crippen LogP contribution < -0.4 is 10.1 Å². The first kappa shape index (κ1) is 18.8.